The maximum absolute atomic E-state index is 5.26. The van der Waals surface area contributed by atoms with Crippen LogP contribution in [0.2, 0.25) is 0 Å². The molecule has 1 N–H and O–H groups in total. The van der Waals surface area contributed by atoms with E-state index in [1.807, 2.05) is 6.07 Å². The molecule has 1 heterocycles. The first-order chi connectivity index (χ1) is 13.1. The van der Waals surface area contributed by atoms with Crippen LogP contribution in [0, 0.1) is 0 Å². The Morgan fingerprint density at radius 1 is 0.889 bits per heavy atom. The van der Waals surface area contributed by atoms with Gasteiger partial charge in [0.2, 0.25) is 0 Å². The van der Waals surface area contributed by atoms with Crippen molar-refractivity contribution in [3.63, 3.8) is 0 Å². The Morgan fingerprint density at radius 2 is 1.56 bits per heavy atom. The van der Waals surface area contributed by atoms with E-state index in [-0.39, 0.29) is 0 Å². The van der Waals surface area contributed by atoms with Crippen molar-refractivity contribution in [2.75, 3.05) is 13.1 Å². The molecule has 1 aliphatic rings. The summed E-state index contributed by atoms with van der Waals surface area (Å²) in [6.45, 7) is 10.8. The van der Waals surface area contributed by atoms with E-state index in [0.717, 1.165) is 48.7 Å². The predicted octanol–water partition coefficient (Wildman–Crippen LogP) is 5.84. The van der Waals surface area contributed by atoms with Crippen molar-refractivity contribution in [3.05, 3.63) is 65.2 Å². The van der Waals surface area contributed by atoms with Crippen molar-refractivity contribution >= 4 is 17.2 Å². The molecular weight excluding hydrogens is 330 g/mol. The van der Waals surface area contributed by atoms with E-state index in [1.165, 1.54) is 11.1 Å². The van der Waals surface area contributed by atoms with Gasteiger partial charge in [-0.2, -0.15) is 0 Å². The van der Waals surface area contributed by atoms with E-state index in [1.54, 1.807) is 0 Å². The molecule has 0 atom stereocenters. The molecule has 1 aliphatic heterocycles. The van der Waals surface area contributed by atoms with Crippen molar-refractivity contribution in [1.82, 2.24) is 5.32 Å². The van der Waals surface area contributed by atoms with Gasteiger partial charge in [-0.3, -0.25) is 4.99 Å². The Bertz CT molecular complexity index is 791. The quantitative estimate of drug-likeness (QED) is 0.668. The number of nitrogens with zero attached hydrogens (tertiary/aromatic N) is 2. The highest BCUT2D eigenvalue weighted by Gasteiger charge is 2.18. The van der Waals surface area contributed by atoms with Gasteiger partial charge in [-0.1, -0.05) is 76.2 Å². The molecular formula is C24H31N3. The van der Waals surface area contributed by atoms with E-state index in [4.69, 9.17) is 9.98 Å². The van der Waals surface area contributed by atoms with Gasteiger partial charge >= 0.3 is 0 Å². The lowest BCUT2D eigenvalue weighted by Gasteiger charge is -2.18. The van der Waals surface area contributed by atoms with Crippen LogP contribution < -0.4 is 5.32 Å². The molecule has 0 saturated carbocycles. The molecule has 0 aliphatic carbocycles. The molecule has 0 fully saturated rings. The third kappa shape index (κ3) is 4.65. The van der Waals surface area contributed by atoms with Gasteiger partial charge in [0.15, 0.2) is 0 Å². The number of rotatable bonds is 5. The van der Waals surface area contributed by atoms with Crippen LogP contribution in [0.1, 0.15) is 69.1 Å². The summed E-state index contributed by atoms with van der Waals surface area (Å²) in [5.74, 6) is 1.76. The SMILES string of the molecule is CC(C)c1cccc(C(C)C)c1/N=C(/C1=NCCCCN1)c1ccccc1. The smallest absolute Gasteiger partial charge is 0.147 e. The second-order valence-corrected chi connectivity index (χ2v) is 7.79. The molecule has 0 radical (unpaired) electrons. The lowest BCUT2D eigenvalue weighted by Crippen LogP contribution is -2.32. The lowest BCUT2D eigenvalue weighted by atomic mass is 9.92. The normalized spacial score (nSPS) is 15.5. The van der Waals surface area contributed by atoms with Gasteiger partial charge < -0.3 is 5.32 Å². The first-order valence-electron chi connectivity index (χ1n) is 10.1. The van der Waals surface area contributed by atoms with Crippen molar-refractivity contribution in [3.8, 4) is 0 Å². The molecule has 2 aromatic carbocycles. The second-order valence-electron chi connectivity index (χ2n) is 7.79. The summed E-state index contributed by atoms with van der Waals surface area (Å²) in [7, 11) is 0. The highest BCUT2D eigenvalue weighted by Crippen LogP contribution is 2.35. The van der Waals surface area contributed by atoms with Crippen LogP contribution in [0.15, 0.2) is 58.5 Å². The van der Waals surface area contributed by atoms with Crippen molar-refractivity contribution < 1.29 is 0 Å². The Kier molecular flexibility index (Phi) is 6.44. The molecule has 3 nitrogen and oxygen atoms in total. The maximum atomic E-state index is 5.26. The number of amidine groups is 1. The molecule has 3 rings (SSSR count). The van der Waals surface area contributed by atoms with Gasteiger partial charge in [-0.25, -0.2) is 4.99 Å². The molecule has 0 spiro atoms. The number of para-hydroxylation sites is 1. The molecule has 27 heavy (non-hydrogen) atoms. The molecule has 0 unspecified atom stereocenters. The van der Waals surface area contributed by atoms with Crippen LogP contribution in [0.3, 0.4) is 0 Å². The zero-order chi connectivity index (χ0) is 19.2. The number of hydrogen-bond acceptors (Lipinski definition) is 3. The minimum absolute atomic E-state index is 0.420. The standard InChI is InChI=1S/C24H31N3/c1-17(2)20-13-10-14-21(18(3)4)23(20)27-22(19-11-6-5-7-12-19)24-25-15-8-9-16-26-24/h5-7,10-14,17-18H,8-9,15-16H2,1-4H3,(H,25,26)/b27-22+. The highest BCUT2D eigenvalue weighted by molar-refractivity contribution is 6.48. The monoisotopic (exact) mass is 361 g/mol. The molecule has 0 aromatic heterocycles. The Labute approximate surface area is 163 Å². The predicted molar refractivity (Wildman–Crippen MR) is 117 cm³/mol. The van der Waals surface area contributed by atoms with Gasteiger partial charge in [-0.05, 0) is 35.8 Å². The maximum Gasteiger partial charge on any atom is 0.147 e. The topological polar surface area (TPSA) is 36.8 Å². The molecule has 2 aromatic rings. The lowest BCUT2D eigenvalue weighted by molar-refractivity contribution is 0.750. The summed E-state index contributed by atoms with van der Waals surface area (Å²) in [5.41, 5.74) is 5.76. The number of nitrogens with one attached hydrogen (secondary N) is 1. The fraction of sp³-hybridized carbons (Fsp3) is 0.417. The Hall–Kier alpha value is -2.42. The largest absolute Gasteiger partial charge is 0.369 e. The zero-order valence-electron chi connectivity index (χ0n) is 17.0. The van der Waals surface area contributed by atoms with Gasteiger partial charge in [-0.15, -0.1) is 0 Å². The van der Waals surface area contributed by atoms with Crippen LogP contribution >= 0.6 is 0 Å². The van der Waals surface area contributed by atoms with E-state index < -0.39 is 0 Å². The summed E-state index contributed by atoms with van der Waals surface area (Å²) in [4.78, 5) is 10.1. The summed E-state index contributed by atoms with van der Waals surface area (Å²) in [6, 6.07) is 17.0. The number of aliphatic imine (C=N–C) groups is 2. The van der Waals surface area contributed by atoms with Crippen LogP contribution in [-0.2, 0) is 0 Å². The zero-order valence-corrected chi connectivity index (χ0v) is 17.0. The average Bonchev–Trinajstić information content (AvgIpc) is 2.95. The molecule has 0 saturated heterocycles. The highest BCUT2D eigenvalue weighted by atomic mass is 15.0. The van der Waals surface area contributed by atoms with Gasteiger partial charge in [0.05, 0.1) is 5.69 Å². The third-order valence-corrected chi connectivity index (χ3v) is 4.98. The van der Waals surface area contributed by atoms with Crippen LogP contribution in [0.25, 0.3) is 0 Å². The molecule has 0 amide bonds. The van der Waals surface area contributed by atoms with Gasteiger partial charge in [0, 0.05) is 18.7 Å². The van der Waals surface area contributed by atoms with E-state index in [0.29, 0.717) is 11.8 Å². The third-order valence-electron chi connectivity index (χ3n) is 4.98. The van der Waals surface area contributed by atoms with Gasteiger partial charge in [0.1, 0.15) is 11.5 Å². The average molecular weight is 362 g/mol. The van der Waals surface area contributed by atoms with E-state index >= 15 is 0 Å². The number of benzene rings is 2. The minimum Gasteiger partial charge on any atom is -0.369 e. The second kappa shape index (κ2) is 8.98. The minimum atomic E-state index is 0.420. The summed E-state index contributed by atoms with van der Waals surface area (Å²) >= 11 is 0. The van der Waals surface area contributed by atoms with Crippen molar-refractivity contribution in [2.45, 2.75) is 52.4 Å². The summed E-state index contributed by atoms with van der Waals surface area (Å²) < 4.78 is 0. The molecule has 3 heteroatoms. The Balaban J connectivity index is 2.21. The van der Waals surface area contributed by atoms with Crippen LogP contribution in [-0.4, -0.2) is 24.6 Å². The van der Waals surface area contributed by atoms with Crippen LogP contribution in [0.4, 0.5) is 5.69 Å². The first kappa shape index (κ1) is 19.3. The van der Waals surface area contributed by atoms with Crippen LogP contribution in [0.5, 0.6) is 0 Å². The summed E-state index contributed by atoms with van der Waals surface area (Å²) in [6.07, 6.45) is 2.27. The fourth-order valence-electron chi connectivity index (χ4n) is 3.45. The van der Waals surface area contributed by atoms with E-state index in [2.05, 4.69) is 75.5 Å². The fourth-order valence-corrected chi connectivity index (χ4v) is 3.45. The van der Waals surface area contributed by atoms with Crippen molar-refractivity contribution in [2.24, 2.45) is 9.98 Å². The van der Waals surface area contributed by atoms with E-state index in [9.17, 15) is 0 Å². The van der Waals surface area contributed by atoms with Gasteiger partial charge in [0.25, 0.3) is 0 Å². The van der Waals surface area contributed by atoms with Crippen molar-refractivity contribution in [1.29, 1.82) is 0 Å². The molecule has 0 bridgehead atoms. The Morgan fingerprint density at radius 3 is 2.19 bits per heavy atom. The summed E-state index contributed by atoms with van der Waals surface area (Å²) in [5, 5.41) is 3.52. The number of hydrogen-bond donors (Lipinski definition) is 1. The first-order valence-corrected chi connectivity index (χ1v) is 10.1. The molecule has 142 valence electrons.